The van der Waals surface area contributed by atoms with Crippen molar-refractivity contribution in [2.24, 2.45) is 0 Å². The largest absolute Gasteiger partial charge is 0.372 e. The molecule has 7 heteroatoms. The Labute approximate surface area is 188 Å². The van der Waals surface area contributed by atoms with Crippen LogP contribution in [-0.2, 0) is 11.3 Å². The number of hydrogen-bond donors (Lipinski definition) is 2. The van der Waals surface area contributed by atoms with E-state index in [1.807, 2.05) is 12.1 Å². The van der Waals surface area contributed by atoms with Crippen molar-refractivity contribution in [1.29, 1.82) is 0 Å². The molecule has 0 aromatic heterocycles. The average molecular weight is 444 g/mol. The zero-order valence-corrected chi connectivity index (χ0v) is 18.5. The third kappa shape index (κ3) is 6.77. The van der Waals surface area contributed by atoms with E-state index >= 15 is 0 Å². The fraction of sp³-hybridized carbons (Fsp3) is 0.440. The van der Waals surface area contributed by atoms with Gasteiger partial charge >= 0.3 is 0 Å². The number of amides is 2. The van der Waals surface area contributed by atoms with Crippen LogP contribution in [0.2, 0.25) is 0 Å². The second-order valence-corrected chi connectivity index (χ2v) is 8.33. The van der Waals surface area contributed by atoms with Crippen molar-refractivity contribution in [3.63, 3.8) is 0 Å². The molecule has 0 atom stereocenters. The molecule has 0 heterocycles. The fourth-order valence-electron chi connectivity index (χ4n) is 4.04. The minimum atomic E-state index is -0.906. The zero-order chi connectivity index (χ0) is 22.9. The van der Waals surface area contributed by atoms with E-state index in [-0.39, 0.29) is 24.4 Å². The minimum absolute atomic E-state index is 0.115. The molecular formula is C25H31F2N3O2. The molecule has 2 aromatic carbocycles. The highest BCUT2D eigenvalue weighted by Gasteiger charge is 2.18. The van der Waals surface area contributed by atoms with Gasteiger partial charge in [0.15, 0.2) is 0 Å². The summed E-state index contributed by atoms with van der Waals surface area (Å²) in [6.07, 6.45) is 7.08. The zero-order valence-electron chi connectivity index (χ0n) is 18.5. The Balaban J connectivity index is 1.35. The molecule has 1 fully saturated rings. The maximum absolute atomic E-state index is 13.6. The third-order valence-corrected chi connectivity index (χ3v) is 6.00. The van der Waals surface area contributed by atoms with Crippen LogP contribution in [0, 0.1) is 11.6 Å². The Morgan fingerprint density at radius 2 is 1.72 bits per heavy atom. The van der Waals surface area contributed by atoms with Crippen LogP contribution in [0.1, 0.15) is 60.9 Å². The number of carbonyl (C=O) groups is 2. The molecule has 3 rings (SSSR count). The van der Waals surface area contributed by atoms with Crippen LogP contribution in [0.25, 0.3) is 0 Å². The first-order valence-electron chi connectivity index (χ1n) is 11.3. The lowest BCUT2D eigenvalue weighted by Crippen LogP contribution is -2.33. The lowest BCUT2D eigenvalue weighted by atomic mass is 9.94. The van der Waals surface area contributed by atoms with E-state index in [9.17, 15) is 18.4 Å². The highest BCUT2D eigenvalue weighted by molar-refractivity contribution is 5.94. The second kappa shape index (κ2) is 11.6. The van der Waals surface area contributed by atoms with E-state index in [1.54, 1.807) is 0 Å². The van der Waals surface area contributed by atoms with Crippen molar-refractivity contribution >= 4 is 17.5 Å². The lowest BCUT2D eigenvalue weighted by molar-refractivity contribution is -0.121. The van der Waals surface area contributed by atoms with Gasteiger partial charge in [-0.1, -0.05) is 31.4 Å². The topological polar surface area (TPSA) is 61.4 Å². The van der Waals surface area contributed by atoms with E-state index in [1.165, 1.54) is 37.8 Å². The first-order valence-corrected chi connectivity index (χ1v) is 11.3. The number of hydrogen-bond acceptors (Lipinski definition) is 3. The van der Waals surface area contributed by atoms with Crippen molar-refractivity contribution < 1.29 is 18.4 Å². The summed E-state index contributed by atoms with van der Waals surface area (Å²) in [7, 11) is 2.15. The number of benzene rings is 2. The van der Waals surface area contributed by atoms with Gasteiger partial charge in [-0.3, -0.25) is 9.59 Å². The number of nitrogens with one attached hydrogen (secondary N) is 2. The van der Waals surface area contributed by atoms with E-state index in [2.05, 4.69) is 34.7 Å². The molecule has 2 N–H and O–H groups in total. The van der Waals surface area contributed by atoms with Crippen LogP contribution in [0.4, 0.5) is 14.5 Å². The smallest absolute Gasteiger partial charge is 0.254 e. The molecule has 2 aromatic rings. The molecule has 1 aliphatic carbocycles. The highest BCUT2D eigenvalue weighted by Crippen LogP contribution is 2.26. The van der Waals surface area contributed by atoms with Crippen LogP contribution >= 0.6 is 0 Å². The van der Waals surface area contributed by atoms with Crippen LogP contribution in [0.3, 0.4) is 0 Å². The first-order chi connectivity index (χ1) is 15.4. The minimum Gasteiger partial charge on any atom is -0.372 e. The van der Waals surface area contributed by atoms with Gasteiger partial charge in [0, 0.05) is 44.4 Å². The van der Waals surface area contributed by atoms with Crippen molar-refractivity contribution in [3.8, 4) is 0 Å². The normalized spacial score (nSPS) is 14.1. The van der Waals surface area contributed by atoms with Gasteiger partial charge in [-0.2, -0.15) is 0 Å². The summed E-state index contributed by atoms with van der Waals surface area (Å²) < 4.78 is 26.5. The van der Waals surface area contributed by atoms with E-state index in [0.717, 1.165) is 17.7 Å². The van der Waals surface area contributed by atoms with Gasteiger partial charge in [0.1, 0.15) is 11.6 Å². The van der Waals surface area contributed by atoms with E-state index in [4.69, 9.17) is 0 Å². The number of rotatable bonds is 9. The predicted molar refractivity (Wildman–Crippen MR) is 121 cm³/mol. The lowest BCUT2D eigenvalue weighted by Gasteiger charge is -2.33. The predicted octanol–water partition coefficient (Wildman–Crippen LogP) is 4.56. The van der Waals surface area contributed by atoms with Gasteiger partial charge in [0.2, 0.25) is 5.91 Å². The molecule has 0 unspecified atom stereocenters. The molecule has 0 saturated heterocycles. The molecule has 1 saturated carbocycles. The molecule has 0 bridgehead atoms. The molecule has 2 amide bonds. The third-order valence-electron chi connectivity index (χ3n) is 6.00. The molecule has 5 nitrogen and oxygen atoms in total. The summed E-state index contributed by atoms with van der Waals surface area (Å²) in [5.74, 6) is -2.38. The maximum Gasteiger partial charge on any atom is 0.254 e. The highest BCUT2D eigenvalue weighted by atomic mass is 19.1. The molecular weight excluding hydrogens is 412 g/mol. The van der Waals surface area contributed by atoms with Crippen LogP contribution in [0.5, 0.6) is 0 Å². The van der Waals surface area contributed by atoms with Gasteiger partial charge in [-0.25, -0.2) is 8.78 Å². The summed E-state index contributed by atoms with van der Waals surface area (Å²) in [6, 6.07) is 11.7. The number of anilines is 1. The van der Waals surface area contributed by atoms with Crippen molar-refractivity contribution in [2.45, 2.75) is 57.5 Å². The number of halogens is 2. The maximum atomic E-state index is 13.6. The van der Waals surface area contributed by atoms with E-state index < -0.39 is 17.5 Å². The molecule has 1 aliphatic rings. The Bertz CT molecular complexity index is 912. The monoisotopic (exact) mass is 443 g/mol. The SMILES string of the molecule is CN(c1ccc(CNC(=O)CCCNC(=O)c2ccc(F)cc2F)cc1)C1CCCCC1. The van der Waals surface area contributed by atoms with Gasteiger partial charge in [-0.05, 0) is 49.1 Å². The molecule has 0 spiro atoms. The summed E-state index contributed by atoms with van der Waals surface area (Å²) in [5.41, 5.74) is 2.01. The molecule has 32 heavy (non-hydrogen) atoms. The standard InChI is InChI=1S/C25H31F2N3O2/c1-30(20-6-3-2-4-7-20)21-12-9-18(10-13-21)17-29-24(31)8-5-15-28-25(32)22-14-11-19(26)16-23(22)27/h9-14,16,20H,2-8,15,17H2,1H3,(H,28,32)(H,29,31). The van der Waals surface area contributed by atoms with Gasteiger partial charge in [0.05, 0.1) is 5.56 Å². The summed E-state index contributed by atoms with van der Waals surface area (Å²) >= 11 is 0. The van der Waals surface area contributed by atoms with Gasteiger partial charge < -0.3 is 15.5 Å². The van der Waals surface area contributed by atoms with Gasteiger partial charge in [0.25, 0.3) is 5.91 Å². The molecule has 0 aliphatic heterocycles. The number of nitrogens with zero attached hydrogens (tertiary/aromatic N) is 1. The Morgan fingerprint density at radius 3 is 2.41 bits per heavy atom. The van der Waals surface area contributed by atoms with Crippen LogP contribution in [-0.4, -0.2) is 31.4 Å². The van der Waals surface area contributed by atoms with E-state index in [0.29, 0.717) is 25.1 Å². The Morgan fingerprint density at radius 1 is 1.00 bits per heavy atom. The van der Waals surface area contributed by atoms with Crippen LogP contribution < -0.4 is 15.5 Å². The summed E-state index contributed by atoms with van der Waals surface area (Å²) in [5, 5.41) is 5.43. The average Bonchev–Trinajstić information content (AvgIpc) is 2.81. The van der Waals surface area contributed by atoms with Crippen molar-refractivity contribution in [1.82, 2.24) is 10.6 Å². The fourth-order valence-corrected chi connectivity index (χ4v) is 4.04. The van der Waals surface area contributed by atoms with Crippen molar-refractivity contribution in [2.75, 3.05) is 18.5 Å². The Kier molecular flexibility index (Phi) is 8.59. The summed E-state index contributed by atoms with van der Waals surface area (Å²) in [4.78, 5) is 26.4. The molecule has 0 radical (unpaired) electrons. The summed E-state index contributed by atoms with van der Waals surface area (Å²) in [6.45, 7) is 0.671. The molecule has 172 valence electrons. The quantitative estimate of drug-likeness (QED) is 0.559. The number of carbonyl (C=O) groups excluding carboxylic acids is 2. The second-order valence-electron chi connectivity index (χ2n) is 8.33. The first kappa shape index (κ1) is 23.7. The van der Waals surface area contributed by atoms with Gasteiger partial charge in [-0.15, -0.1) is 0 Å². The van der Waals surface area contributed by atoms with Crippen molar-refractivity contribution in [3.05, 3.63) is 65.2 Å². The Hall–Kier alpha value is -2.96. The van der Waals surface area contributed by atoms with Crippen LogP contribution in [0.15, 0.2) is 42.5 Å².